The fourth-order valence-electron chi connectivity index (χ4n) is 3.16. The topological polar surface area (TPSA) is 72.9 Å². The summed E-state index contributed by atoms with van der Waals surface area (Å²) in [6.07, 6.45) is 1.54. The van der Waals surface area contributed by atoms with Crippen molar-refractivity contribution in [2.75, 3.05) is 24.9 Å². The molecule has 7 heteroatoms. The number of hydrogen-bond acceptors (Lipinski definition) is 5. The van der Waals surface area contributed by atoms with E-state index in [2.05, 4.69) is 0 Å². The van der Waals surface area contributed by atoms with E-state index in [0.717, 1.165) is 16.5 Å². The first-order valence-corrected chi connectivity index (χ1v) is 10.5. The Hall–Kier alpha value is -2.80. The summed E-state index contributed by atoms with van der Waals surface area (Å²) in [5.41, 5.74) is 3.03. The number of aryl methyl sites for hydroxylation is 2. The van der Waals surface area contributed by atoms with E-state index in [4.69, 9.17) is 9.47 Å². The van der Waals surface area contributed by atoms with Crippen LogP contribution in [0.25, 0.3) is 0 Å². The van der Waals surface area contributed by atoms with Crippen molar-refractivity contribution in [1.82, 2.24) is 0 Å². The molecule has 1 aliphatic heterocycles. The predicted octanol–water partition coefficient (Wildman–Crippen LogP) is 3.28. The molecule has 3 rings (SSSR count). The second-order valence-electron chi connectivity index (χ2n) is 6.74. The van der Waals surface area contributed by atoms with Crippen molar-refractivity contribution in [2.45, 2.75) is 19.9 Å². The maximum absolute atomic E-state index is 13.4. The molecule has 0 spiro atoms. The Morgan fingerprint density at radius 2 is 1.79 bits per heavy atom. The number of nitrogens with zero attached hydrogens (tertiary/aromatic N) is 1. The van der Waals surface area contributed by atoms with Crippen molar-refractivity contribution in [2.24, 2.45) is 0 Å². The molecule has 2 aromatic carbocycles. The van der Waals surface area contributed by atoms with Gasteiger partial charge >= 0.3 is 0 Å². The van der Waals surface area contributed by atoms with Crippen LogP contribution in [0.1, 0.15) is 21.5 Å². The molecule has 0 bridgehead atoms. The van der Waals surface area contributed by atoms with Crippen LogP contribution in [0.3, 0.4) is 0 Å². The van der Waals surface area contributed by atoms with Crippen molar-refractivity contribution >= 4 is 21.4 Å². The fraction of sp³-hybridized carbons (Fsp3) is 0.286. The molecule has 1 aliphatic rings. The molecule has 0 fully saturated rings. The van der Waals surface area contributed by atoms with Crippen LogP contribution in [0.4, 0.5) is 5.69 Å². The van der Waals surface area contributed by atoms with Crippen molar-refractivity contribution in [3.63, 3.8) is 0 Å². The Balaban J connectivity index is 2.12. The monoisotopic (exact) mass is 401 g/mol. The third kappa shape index (κ3) is 3.89. The summed E-state index contributed by atoms with van der Waals surface area (Å²) in [4.78, 5) is 14.9. The van der Waals surface area contributed by atoms with Gasteiger partial charge in [0.1, 0.15) is 11.5 Å². The lowest BCUT2D eigenvalue weighted by atomic mass is 10.0. The van der Waals surface area contributed by atoms with Crippen LogP contribution in [0.15, 0.2) is 47.9 Å². The molecule has 1 amide bonds. The number of carbonyl (C=O) groups is 1. The average molecular weight is 401 g/mol. The molecule has 1 heterocycles. The van der Waals surface area contributed by atoms with Gasteiger partial charge in [0.15, 0.2) is 9.84 Å². The Kier molecular flexibility index (Phi) is 5.47. The van der Waals surface area contributed by atoms with Crippen LogP contribution in [0, 0.1) is 13.8 Å². The van der Waals surface area contributed by atoms with Gasteiger partial charge in [-0.3, -0.25) is 9.69 Å². The quantitative estimate of drug-likeness (QED) is 0.769. The summed E-state index contributed by atoms with van der Waals surface area (Å²) in [5.74, 6) is 0.542. The summed E-state index contributed by atoms with van der Waals surface area (Å²) in [6.45, 7) is 3.91. The highest BCUT2D eigenvalue weighted by Gasteiger charge is 2.33. The summed E-state index contributed by atoms with van der Waals surface area (Å²) in [5, 5.41) is 1.16. The van der Waals surface area contributed by atoms with Gasteiger partial charge in [0.25, 0.3) is 5.91 Å². The Morgan fingerprint density at radius 3 is 2.36 bits per heavy atom. The number of rotatable bonds is 5. The van der Waals surface area contributed by atoms with Crippen LogP contribution >= 0.6 is 0 Å². The van der Waals surface area contributed by atoms with E-state index in [0.29, 0.717) is 22.7 Å². The molecule has 2 aromatic rings. The van der Waals surface area contributed by atoms with Crippen molar-refractivity contribution in [1.29, 1.82) is 0 Å². The number of methoxy groups -OCH3 is 2. The normalized spacial score (nSPS) is 17.4. The molecule has 6 nitrogen and oxygen atoms in total. The van der Waals surface area contributed by atoms with E-state index in [1.54, 1.807) is 31.4 Å². The molecule has 28 heavy (non-hydrogen) atoms. The van der Waals surface area contributed by atoms with Crippen LogP contribution < -0.4 is 14.4 Å². The number of amides is 1. The second kappa shape index (κ2) is 7.67. The van der Waals surface area contributed by atoms with E-state index in [1.165, 1.54) is 18.1 Å². The summed E-state index contributed by atoms with van der Waals surface area (Å²) in [6, 6.07) is 9.91. The smallest absolute Gasteiger partial charge is 0.258 e. The van der Waals surface area contributed by atoms with E-state index in [9.17, 15) is 13.2 Å². The minimum Gasteiger partial charge on any atom is -0.497 e. The van der Waals surface area contributed by atoms with Crippen LogP contribution in [0.2, 0.25) is 0 Å². The van der Waals surface area contributed by atoms with Crippen molar-refractivity contribution < 1.29 is 22.7 Å². The van der Waals surface area contributed by atoms with Crippen molar-refractivity contribution in [3.05, 3.63) is 64.6 Å². The highest BCUT2D eigenvalue weighted by atomic mass is 32.2. The average Bonchev–Trinajstić information content (AvgIpc) is 3.03. The molecule has 0 saturated carbocycles. The lowest BCUT2D eigenvalue weighted by Crippen LogP contribution is -2.41. The highest BCUT2D eigenvalue weighted by molar-refractivity contribution is 7.94. The van der Waals surface area contributed by atoms with Gasteiger partial charge in [-0.15, -0.1) is 0 Å². The first kappa shape index (κ1) is 19.9. The van der Waals surface area contributed by atoms with Crippen LogP contribution in [-0.4, -0.2) is 40.3 Å². The standard InChI is InChI=1S/C21H23NO5S/c1-14-5-6-16(11-15(14)2)21(23)22(17-9-10-28(24,25)13-17)19-8-7-18(26-3)12-20(19)27-4/h5-12,17H,13H2,1-4H3/t17-/m1/s1. The van der Waals surface area contributed by atoms with Gasteiger partial charge in [0.2, 0.25) is 0 Å². The number of benzene rings is 2. The van der Waals surface area contributed by atoms with E-state index < -0.39 is 15.9 Å². The molecule has 0 aliphatic carbocycles. The van der Waals surface area contributed by atoms with Gasteiger partial charge in [0, 0.05) is 17.0 Å². The predicted molar refractivity (Wildman–Crippen MR) is 109 cm³/mol. The van der Waals surface area contributed by atoms with Gasteiger partial charge in [-0.2, -0.15) is 0 Å². The third-order valence-corrected chi connectivity index (χ3v) is 6.24. The maximum Gasteiger partial charge on any atom is 0.258 e. The molecule has 0 radical (unpaired) electrons. The number of hydrogen-bond donors (Lipinski definition) is 0. The van der Waals surface area contributed by atoms with Crippen LogP contribution in [-0.2, 0) is 9.84 Å². The number of sulfone groups is 1. The minimum atomic E-state index is -3.35. The van der Waals surface area contributed by atoms with E-state index in [1.807, 2.05) is 26.0 Å². The molecule has 0 unspecified atom stereocenters. The first-order valence-electron chi connectivity index (χ1n) is 8.79. The molecule has 0 saturated heterocycles. The largest absolute Gasteiger partial charge is 0.497 e. The van der Waals surface area contributed by atoms with E-state index in [-0.39, 0.29) is 11.7 Å². The van der Waals surface area contributed by atoms with Crippen molar-refractivity contribution in [3.8, 4) is 11.5 Å². The summed E-state index contributed by atoms with van der Waals surface area (Å²) >= 11 is 0. The Labute approximate surface area is 165 Å². The second-order valence-corrected chi connectivity index (χ2v) is 8.67. The van der Waals surface area contributed by atoms with Gasteiger partial charge in [0.05, 0.1) is 31.7 Å². The van der Waals surface area contributed by atoms with E-state index >= 15 is 0 Å². The zero-order valence-corrected chi connectivity index (χ0v) is 17.1. The SMILES string of the molecule is COc1ccc(N(C(=O)c2ccc(C)c(C)c2)[C@@H]2C=CS(=O)(=O)C2)c(OC)c1. The summed E-state index contributed by atoms with van der Waals surface area (Å²) < 4.78 is 34.7. The van der Waals surface area contributed by atoms with Gasteiger partial charge in [-0.25, -0.2) is 8.42 Å². The number of anilines is 1. The van der Waals surface area contributed by atoms with Gasteiger partial charge in [-0.05, 0) is 55.3 Å². The zero-order valence-electron chi connectivity index (χ0n) is 16.3. The Morgan fingerprint density at radius 1 is 1.04 bits per heavy atom. The van der Waals surface area contributed by atoms with Gasteiger partial charge in [-0.1, -0.05) is 6.07 Å². The minimum absolute atomic E-state index is 0.168. The highest BCUT2D eigenvalue weighted by Crippen LogP contribution is 2.36. The lowest BCUT2D eigenvalue weighted by molar-refractivity contribution is 0.0982. The molecule has 0 aromatic heterocycles. The maximum atomic E-state index is 13.4. The molecule has 1 atom stereocenters. The number of carbonyl (C=O) groups excluding carboxylic acids is 1. The summed E-state index contributed by atoms with van der Waals surface area (Å²) in [7, 11) is -0.313. The molecular weight excluding hydrogens is 378 g/mol. The zero-order chi connectivity index (χ0) is 20.5. The fourth-order valence-corrected chi connectivity index (χ4v) is 4.42. The van der Waals surface area contributed by atoms with Crippen LogP contribution in [0.5, 0.6) is 11.5 Å². The Bertz CT molecular complexity index is 1040. The third-order valence-electron chi connectivity index (χ3n) is 4.86. The number of ether oxygens (including phenoxy) is 2. The van der Waals surface area contributed by atoms with Gasteiger partial charge < -0.3 is 9.47 Å². The molecule has 0 N–H and O–H groups in total. The lowest BCUT2D eigenvalue weighted by Gasteiger charge is -2.29. The molecule has 148 valence electrons. The molecular formula is C21H23NO5S. The first-order chi connectivity index (χ1) is 13.3.